The normalized spacial score (nSPS) is 10.5. The van der Waals surface area contributed by atoms with Gasteiger partial charge in [0.15, 0.2) is 0 Å². The van der Waals surface area contributed by atoms with E-state index < -0.39 is 17.5 Å². The predicted octanol–water partition coefficient (Wildman–Crippen LogP) is 4.06. The van der Waals surface area contributed by atoms with Crippen molar-refractivity contribution in [2.75, 3.05) is 7.05 Å². The van der Waals surface area contributed by atoms with Gasteiger partial charge in [0.2, 0.25) is 0 Å². The minimum absolute atomic E-state index is 0.253. The lowest BCUT2D eigenvalue weighted by Crippen LogP contribution is -2.27. The van der Waals surface area contributed by atoms with Gasteiger partial charge in [0.1, 0.15) is 11.6 Å². The van der Waals surface area contributed by atoms with Crippen molar-refractivity contribution < 1.29 is 13.6 Å². The first-order chi connectivity index (χ1) is 8.97. The van der Waals surface area contributed by atoms with Crippen LogP contribution < -0.4 is 0 Å². The standard InChI is InChI=1S/C13H10BrF2NOS/c1-17(6-8-4-12(14)19-7-8)13(18)10-5-9(15)2-3-11(10)16/h2-5,7H,6H2,1H3. The van der Waals surface area contributed by atoms with Crippen molar-refractivity contribution in [1.82, 2.24) is 4.90 Å². The molecule has 0 aliphatic carbocycles. The van der Waals surface area contributed by atoms with E-state index in [0.29, 0.717) is 6.54 Å². The van der Waals surface area contributed by atoms with Gasteiger partial charge in [-0.1, -0.05) is 0 Å². The van der Waals surface area contributed by atoms with Crippen molar-refractivity contribution in [3.63, 3.8) is 0 Å². The zero-order chi connectivity index (χ0) is 14.0. The summed E-state index contributed by atoms with van der Waals surface area (Å²) >= 11 is 4.83. The number of hydrogen-bond acceptors (Lipinski definition) is 2. The average Bonchev–Trinajstić information content (AvgIpc) is 2.77. The Morgan fingerprint density at radius 3 is 2.74 bits per heavy atom. The summed E-state index contributed by atoms with van der Waals surface area (Å²) in [5, 5.41) is 1.90. The zero-order valence-corrected chi connectivity index (χ0v) is 12.4. The Bertz CT molecular complexity index is 614. The van der Waals surface area contributed by atoms with Crippen molar-refractivity contribution in [1.29, 1.82) is 0 Å². The molecule has 0 fully saturated rings. The van der Waals surface area contributed by atoms with Gasteiger partial charge in [-0.2, -0.15) is 0 Å². The first-order valence-electron chi connectivity index (χ1n) is 5.41. The summed E-state index contributed by atoms with van der Waals surface area (Å²) in [7, 11) is 1.55. The van der Waals surface area contributed by atoms with Gasteiger partial charge >= 0.3 is 0 Å². The van der Waals surface area contributed by atoms with E-state index in [1.807, 2.05) is 11.4 Å². The summed E-state index contributed by atoms with van der Waals surface area (Å²) in [4.78, 5) is 13.4. The molecule has 0 radical (unpaired) electrons. The molecule has 0 aliphatic heterocycles. The molecule has 0 saturated carbocycles. The van der Waals surface area contributed by atoms with Gasteiger partial charge in [-0.05, 0) is 51.1 Å². The number of carbonyl (C=O) groups is 1. The fraction of sp³-hybridized carbons (Fsp3) is 0.154. The molecular formula is C13H10BrF2NOS. The van der Waals surface area contributed by atoms with E-state index in [2.05, 4.69) is 15.9 Å². The molecule has 6 heteroatoms. The number of nitrogens with zero attached hydrogens (tertiary/aromatic N) is 1. The van der Waals surface area contributed by atoms with Crippen LogP contribution in [0.2, 0.25) is 0 Å². The Kier molecular flexibility index (Phi) is 4.31. The average molecular weight is 346 g/mol. The number of amides is 1. The summed E-state index contributed by atoms with van der Waals surface area (Å²) < 4.78 is 27.5. The fourth-order valence-electron chi connectivity index (χ4n) is 1.64. The lowest BCUT2D eigenvalue weighted by atomic mass is 10.1. The third kappa shape index (κ3) is 3.39. The summed E-state index contributed by atoms with van der Waals surface area (Å²) in [5.41, 5.74) is 0.682. The summed E-state index contributed by atoms with van der Waals surface area (Å²) in [5.74, 6) is -1.89. The lowest BCUT2D eigenvalue weighted by Gasteiger charge is -2.16. The van der Waals surface area contributed by atoms with Crippen LogP contribution in [0, 0.1) is 11.6 Å². The number of benzene rings is 1. The number of carbonyl (C=O) groups excluding carboxylic acids is 1. The Hall–Kier alpha value is -1.27. The van der Waals surface area contributed by atoms with Gasteiger partial charge in [0, 0.05) is 13.6 Å². The molecule has 0 N–H and O–H groups in total. The van der Waals surface area contributed by atoms with Gasteiger partial charge in [-0.25, -0.2) is 8.78 Å². The summed E-state index contributed by atoms with van der Waals surface area (Å²) in [6.07, 6.45) is 0. The SMILES string of the molecule is CN(Cc1csc(Br)c1)C(=O)c1cc(F)ccc1F. The highest BCUT2D eigenvalue weighted by molar-refractivity contribution is 9.11. The molecule has 2 rings (SSSR count). The van der Waals surface area contributed by atoms with E-state index in [1.54, 1.807) is 7.05 Å². The third-order valence-corrected chi connectivity index (χ3v) is 4.10. The first kappa shape index (κ1) is 14.1. The molecule has 0 bridgehead atoms. The molecule has 0 aliphatic rings. The molecular weight excluding hydrogens is 336 g/mol. The molecule has 0 unspecified atom stereocenters. The van der Waals surface area contributed by atoms with E-state index >= 15 is 0 Å². The molecule has 2 nitrogen and oxygen atoms in total. The number of rotatable bonds is 3. The smallest absolute Gasteiger partial charge is 0.256 e. The van der Waals surface area contributed by atoms with Crippen molar-refractivity contribution in [2.24, 2.45) is 0 Å². The largest absolute Gasteiger partial charge is 0.337 e. The second-order valence-corrected chi connectivity index (χ2v) is 6.33. The molecule has 1 aromatic carbocycles. The van der Waals surface area contributed by atoms with Crippen LogP contribution in [0.4, 0.5) is 8.78 Å². The Balaban J connectivity index is 2.16. The second kappa shape index (κ2) is 5.79. The van der Waals surface area contributed by atoms with Crippen LogP contribution in [0.15, 0.2) is 33.4 Å². The van der Waals surface area contributed by atoms with Gasteiger partial charge in [-0.15, -0.1) is 11.3 Å². The molecule has 19 heavy (non-hydrogen) atoms. The van der Waals surface area contributed by atoms with Crippen molar-refractivity contribution in [3.8, 4) is 0 Å². The predicted molar refractivity (Wildman–Crippen MR) is 74.2 cm³/mol. The van der Waals surface area contributed by atoms with E-state index in [0.717, 1.165) is 27.5 Å². The maximum absolute atomic E-state index is 13.5. The van der Waals surface area contributed by atoms with Crippen LogP contribution in [0.5, 0.6) is 0 Å². The minimum atomic E-state index is -0.718. The highest BCUT2D eigenvalue weighted by Crippen LogP contribution is 2.22. The Labute approximate surface area is 121 Å². The maximum Gasteiger partial charge on any atom is 0.256 e. The highest BCUT2D eigenvalue weighted by Gasteiger charge is 2.17. The molecule has 0 saturated heterocycles. The van der Waals surface area contributed by atoms with Gasteiger partial charge in [0.25, 0.3) is 5.91 Å². The van der Waals surface area contributed by atoms with Gasteiger partial charge in [0.05, 0.1) is 9.35 Å². The first-order valence-corrected chi connectivity index (χ1v) is 7.08. The molecule has 0 atom stereocenters. The molecule has 2 aromatic rings. The molecule has 0 spiro atoms. The topological polar surface area (TPSA) is 20.3 Å². The highest BCUT2D eigenvalue weighted by atomic mass is 79.9. The number of hydrogen-bond donors (Lipinski definition) is 0. The quantitative estimate of drug-likeness (QED) is 0.821. The minimum Gasteiger partial charge on any atom is -0.337 e. The molecule has 1 amide bonds. The van der Waals surface area contributed by atoms with E-state index in [9.17, 15) is 13.6 Å². The Morgan fingerprint density at radius 1 is 1.37 bits per heavy atom. The van der Waals surface area contributed by atoms with Crippen LogP contribution in [-0.2, 0) is 6.54 Å². The third-order valence-electron chi connectivity index (χ3n) is 2.55. The van der Waals surface area contributed by atoms with E-state index in [4.69, 9.17) is 0 Å². The second-order valence-electron chi connectivity index (χ2n) is 4.04. The summed E-state index contributed by atoms with van der Waals surface area (Å²) in [6, 6.07) is 4.74. The monoisotopic (exact) mass is 345 g/mol. The van der Waals surface area contributed by atoms with Gasteiger partial charge in [-0.3, -0.25) is 4.79 Å². The Morgan fingerprint density at radius 2 is 2.11 bits per heavy atom. The number of thiophene rings is 1. The number of halogens is 3. The molecule has 100 valence electrons. The lowest BCUT2D eigenvalue weighted by molar-refractivity contribution is 0.0780. The van der Waals surface area contributed by atoms with Gasteiger partial charge < -0.3 is 4.90 Å². The van der Waals surface area contributed by atoms with Crippen LogP contribution >= 0.6 is 27.3 Å². The van der Waals surface area contributed by atoms with Crippen LogP contribution in [0.25, 0.3) is 0 Å². The maximum atomic E-state index is 13.5. The zero-order valence-electron chi connectivity index (χ0n) is 9.99. The summed E-state index contributed by atoms with van der Waals surface area (Å²) in [6.45, 7) is 0.344. The van der Waals surface area contributed by atoms with Crippen molar-refractivity contribution >= 4 is 33.2 Å². The van der Waals surface area contributed by atoms with Crippen LogP contribution in [-0.4, -0.2) is 17.9 Å². The fourth-order valence-corrected chi connectivity index (χ4v) is 2.84. The van der Waals surface area contributed by atoms with E-state index in [-0.39, 0.29) is 5.56 Å². The van der Waals surface area contributed by atoms with Crippen molar-refractivity contribution in [3.05, 3.63) is 56.2 Å². The van der Waals surface area contributed by atoms with Crippen LogP contribution in [0.3, 0.4) is 0 Å². The van der Waals surface area contributed by atoms with Crippen LogP contribution in [0.1, 0.15) is 15.9 Å². The molecule has 1 heterocycles. The van der Waals surface area contributed by atoms with Crippen molar-refractivity contribution in [2.45, 2.75) is 6.54 Å². The molecule has 1 aromatic heterocycles. The van der Waals surface area contributed by atoms with E-state index in [1.165, 1.54) is 16.2 Å².